The Labute approximate surface area is 115 Å². The highest BCUT2D eigenvalue weighted by Crippen LogP contribution is 2.26. The molecule has 1 aliphatic heterocycles. The normalized spacial score (nSPS) is 23.3. The molecule has 2 heterocycles. The Bertz CT molecular complexity index is 469. The van der Waals surface area contributed by atoms with Gasteiger partial charge in [-0.15, -0.1) is 11.3 Å². The molecule has 0 spiro atoms. The molecule has 0 aliphatic carbocycles. The molecule has 5 nitrogen and oxygen atoms in total. The van der Waals surface area contributed by atoms with Crippen molar-refractivity contribution >= 4 is 23.2 Å². The van der Waals surface area contributed by atoms with Gasteiger partial charge >= 0.3 is 5.97 Å². The number of ether oxygens (including phenoxy) is 1. The molecule has 2 rings (SSSR count). The van der Waals surface area contributed by atoms with Gasteiger partial charge in [0, 0.05) is 4.88 Å². The van der Waals surface area contributed by atoms with Gasteiger partial charge in [-0.25, -0.2) is 4.79 Å². The third-order valence-corrected chi connectivity index (χ3v) is 4.35. The Hall–Kier alpha value is -1.40. The Morgan fingerprint density at radius 2 is 2.11 bits per heavy atom. The SMILES string of the molecule is CC(C)(NC(=O)[C@@H]1CC[C@H](C(=O)O)O1)c1cccs1. The zero-order valence-electron chi connectivity index (χ0n) is 10.9. The number of aliphatic carboxylic acids is 1. The fourth-order valence-corrected chi connectivity index (χ4v) is 2.90. The molecule has 0 radical (unpaired) electrons. The minimum Gasteiger partial charge on any atom is -0.479 e. The van der Waals surface area contributed by atoms with Crippen LogP contribution in [0.1, 0.15) is 31.6 Å². The van der Waals surface area contributed by atoms with Crippen molar-refractivity contribution in [3.63, 3.8) is 0 Å². The largest absolute Gasteiger partial charge is 0.479 e. The van der Waals surface area contributed by atoms with Crippen molar-refractivity contribution in [2.75, 3.05) is 0 Å². The van der Waals surface area contributed by atoms with E-state index in [2.05, 4.69) is 5.32 Å². The number of carboxylic acids is 1. The van der Waals surface area contributed by atoms with Crippen LogP contribution in [0.15, 0.2) is 17.5 Å². The van der Waals surface area contributed by atoms with Gasteiger partial charge in [0.2, 0.25) is 5.91 Å². The number of amides is 1. The summed E-state index contributed by atoms with van der Waals surface area (Å²) < 4.78 is 5.24. The van der Waals surface area contributed by atoms with Crippen LogP contribution in [0.5, 0.6) is 0 Å². The summed E-state index contributed by atoms with van der Waals surface area (Å²) in [5.74, 6) is -1.25. The van der Waals surface area contributed by atoms with Crippen molar-refractivity contribution < 1.29 is 19.4 Å². The summed E-state index contributed by atoms with van der Waals surface area (Å²) in [5, 5.41) is 13.7. The minimum atomic E-state index is -1.01. The summed E-state index contributed by atoms with van der Waals surface area (Å²) in [6, 6.07) is 3.89. The molecule has 1 aromatic heterocycles. The maximum Gasteiger partial charge on any atom is 0.332 e. The highest BCUT2D eigenvalue weighted by atomic mass is 32.1. The molecule has 0 saturated carbocycles. The lowest BCUT2D eigenvalue weighted by molar-refractivity contribution is -0.152. The molecule has 1 aliphatic rings. The van der Waals surface area contributed by atoms with Crippen LogP contribution in [0.4, 0.5) is 0 Å². The fraction of sp³-hybridized carbons (Fsp3) is 0.538. The molecule has 0 unspecified atom stereocenters. The van der Waals surface area contributed by atoms with Crippen molar-refractivity contribution in [2.45, 2.75) is 44.4 Å². The smallest absolute Gasteiger partial charge is 0.332 e. The maximum absolute atomic E-state index is 12.1. The summed E-state index contributed by atoms with van der Waals surface area (Å²) >= 11 is 1.57. The average molecular weight is 283 g/mol. The Balaban J connectivity index is 1.97. The third-order valence-electron chi connectivity index (χ3n) is 3.16. The molecule has 2 atom stereocenters. The van der Waals surface area contributed by atoms with Crippen molar-refractivity contribution in [1.82, 2.24) is 5.32 Å². The molecule has 0 bridgehead atoms. The zero-order chi connectivity index (χ0) is 14.0. The molecule has 0 aromatic carbocycles. The van der Waals surface area contributed by atoms with Gasteiger partial charge in [-0.1, -0.05) is 6.07 Å². The Kier molecular flexibility index (Phi) is 3.91. The van der Waals surface area contributed by atoms with E-state index in [-0.39, 0.29) is 5.91 Å². The monoisotopic (exact) mass is 283 g/mol. The van der Waals surface area contributed by atoms with Crippen LogP contribution in [0.2, 0.25) is 0 Å². The first kappa shape index (κ1) is 14.0. The molecule has 19 heavy (non-hydrogen) atoms. The van der Waals surface area contributed by atoms with Gasteiger partial charge in [0.05, 0.1) is 5.54 Å². The van der Waals surface area contributed by atoms with Crippen LogP contribution < -0.4 is 5.32 Å². The Morgan fingerprint density at radius 1 is 1.42 bits per heavy atom. The van der Waals surface area contributed by atoms with Gasteiger partial charge < -0.3 is 15.2 Å². The Morgan fingerprint density at radius 3 is 2.63 bits per heavy atom. The number of carbonyl (C=O) groups excluding carboxylic acids is 1. The number of nitrogens with one attached hydrogen (secondary N) is 1. The summed E-state index contributed by atoms with van der Waals surface area (Å²) in [4.78, 5) is 23.9. The summed E-state index contributed by atoms with van der Waals surface area (Å²) in [6.07, 6.45) is -0.697. The minimum absolute atomic E-state index is 0.248. The van der Waals surface area contributed by atoms with Gasteiger partial charge in [-0.3, -0.25) is 4.79 Å². The molecule has 6 heteroatoms. The van der Waals surface area contributed by atoms with Gasteiger partial charge in [-0.2, -0.15) is 0 Å². The van der Waals surface area contributed by atoms with E-state index in [1.807, 2.05) is 31.4 Å². The summed E-state index contributed by atoms with van der Waals surface area (Å²) in [6.45, 7) is 3.83. The first-order chi connectivity index (χ1) is 8.90. The van der Waals surface area contributed by atoms with Gasteiger partial charge in [0.15, 0.2) is 6.10 Å². The first-order valence-corrected chi connectivity index (χ1v) is 7.02. The first-order valence-electron chi connectivity index (χ1n) is 6.14. The van der Waals surface area contributed by atoms with Gasteiger partial charge in [0.25, 0.3) is 0 Å². The van der Waals surface area contributed by atoms with E-state index >= 15 is 0 Å². The number of hydrogen-bond donors (Lipinski definition) is 2. The lowest BCUT2D eigenvalue weighted by Gasteiger charge is -2.26. The number of rotatable bonds is 4. The van der Waals surface area contributed by atoms with Crippen LogP contribution in [-0.2, 0) is 19.9 Å². The lowest BCUT2D eigenvalue weighted by Crippen LogP contribution is -2.45. The van der Waals surface area contributed by atoms with E-state index in [9.17, 15) is 9.59 Å². The molecule has 1 amide bonds. The van der Waals surface area contributed by atoms with Gasteiger partial charge in [-0.05, 0) is 38.1 Å². The van der Waals surface area contributed by atoms with E-state index in [0.29, 0.717) is 12.8 Å². The number of carboxylic acid groups (broad SMARTS) is 1. The molecule has 1 fully saturated rings. The molecule has 1 saturated heterocycles. The van der Waals surface area contributed by atoms with Crippen LogP contribution in [0.3, 0.4) is 0 Å². The highest BCUT2D eigenvalue weighted by Gasteiger charge is 2.36. The summed E-state index contributed by atoms with van der Waals surface area (Å²) in [5.41, 5.74) is -0.476. The van der Waals surface area contributed by atoms with E-state index in [1.165, 1.54) is 0 Å². The van der Waals surface area contributed by atoms with Gasteiger partial charge in [0.1, 0.15) is 6.10 Å². The highest BCUT2D eigenvalue weighted by molar-refractivity contribution is 7.10. The molecule has 1 aromatic rings. The fourth-order valence-electron chi connectivity index (χ4n) is 2.10. The second-order valence-corrected chi connectivity index (χ2v) is 6.07. The quantitative estimate of drug-likeness (QED) is 0.882. The molecule has 104 valence electrons. The molecular weight excluding hydrogens is 266 g/mol. The number of hydrogen-bond acceptors (Lipinski definition) is 4. The third kappa shape index (κ3) is 3.13. The van der Waals surface area contributed by atoms with Crippen molar-refractivity contribution in [2.24, 2.45) is 0 Å². The average Bonchev–Trinajstić information content (AvgIpc) is 3.00. The van der Waals surface area contributed by atoms with E-state index in [4.69, 9.17) is 9.84 Å². The van der Waals surface area contributed by atoms with E-state index in [0.717, 1.165) is 4.88 Å². The van der Waals surface area contributed by atoms with Crippen molar-refractivity contribution in [3.8, 4) is 0 Å². The topological polar surface area (TPSA) is 75.6 Å². The van der Waals surface area contributed by atoms with E-state index in [1.54, 1.807) is 11.3 Å². The van der Waals surface area contributed by atoms with Crippen molar-refractivity contribution in [1.29, 1.82) is 0 Å². The van der Waals surface area contributed by atoms with Crippen LogP contribution in [0.25, 0.3) is 0 Å². The van der Waals surface area contributed by atoms with Crippen LogP contribution in [0, 0.1) is 0 Å². The van der Waals surface area contributed by atoms with Crippen LogP contribution in [-0.4, -0.2) is 29.2 Å². The standard InChI is InChI=1S/C13H17NO4S/c1-13(2,10-4-3-7-19-10)14-11(15)8-5-6-9(18-8)12(16)17/h3-4,7-9H,5-6H2,1-2H3,(H,14,15)(H,16,17)/t8-,9+/m0/s1. The molecule has 2 N–H and O–H groups in total. The predicted octanol–water partition coefficient (Wildman–Crippen LogP) is 1.73. The maximum atomic E-state index is 12.1. The van der Waals surface area contributed by atoms with E-state index < -0.39 is 23.7 Å². The molecular formula is C13H17NO4S. The van der Waals surface area contributed by atoms with Crippen molar-refractivity contribution in [3.05, 3.63) is 22.4 Å². The summed E-state index contributed by atoms with van der Waals surface area (Å²) in [7, 11) is 0. The second-order valence-electron chi connectivity index (χ2n) is 5.12. The zero-order valence-corrected chi connectivity index (χ0v) is 11.7. The number of thiophene rings is 1. The second kappa shape index (κ2) is 5.30. The lowest BCUT2D eigenvalue weighted by atomic mass is 10.0. The number of carbonyl (C=O) groups is 2. The predicted molar refractivity (Wildman–Crippen MR) is 71.0 cm³/mol. The van der Waals surface area contributed by atoms with Crippen LogP contribution >= 0.6 is 11.3 Å².